The second kappa shape index (κ2) is 4.81. The van der Waals surface area contributed by atoms with Crippen molar-refractivity contribution in [3.05, 3.63) is 16.7 Å². The number of anilines is 2. The van der Waals surface area contributed by atoms with Gasteiger partial charge in [-0.05, 0) is 0 Å². The molecular weight excluding hydrogens is 256 g/mol. The highest BCUT2D eigenvalue weighted by molar-refractivity contribution is 8.14. The van der Waals surface area contributed by atoms with Crippen molar-refractivity contribution >= 4 is 34.3 Å². The predicted octanol–water partition coefficient (Wildman–Crippen LogP) is -0.263. The first-order valence-electron chi connectivity index (χ1n) is 5.29. The monoisotopic (exact) mass is 268 g/mol. The summed E-state index contributed by atoms with van der Waals surface area (Å²) < 4.78 is 0. The molecule has 1 aromatic heterocycles. The number of nitrogens with one attached hydrogen (secondary N) is 1. The zero-order chi connectivity index (χ0) is 13.3. The van der Waals surface area contributed by atoms with Gasteiger partial charge in [-0.2, -0.15) is 0 Å². The summed E-state index contributed by atoms with van der Waals surface area (Å²) in [6.07, 6.45) is 1.40. The van der Waals surface area contributed by atoms with Crippen molar-refractivity contribution in [3.8, 4) is 0 Å². The normalized spacial score (nSPS) is 19.3. The summed E-state index contributed by atoms with van der Waals surface area (Å²) >= 11 is 1.10. The first-order chi connectivity index (χ1) is 8.49. The first kappa shape index (κ1) is 12.6. The number of hydrogen-bond acceptors (Lipinski definition) is 6. The van der Waals surface area contributed by atoms with Gasteiger partial charge in [-0.25, -0.2) is 4.98 Å². The number of nitrogens with two attached hydrogens (primary N) is 1. The molecule has 1 atom stereocenters. The predicted molar refractivity (Wildman–Crippen MR) is 68.3 cm³/mol. The van der Waals surface area contributed by atoms with Crippen LogP contribution in [-0.2, 0) is 9.59 Å². The minimum Gasteiger partial charge on any atom is -0.382 e. The lowest BCUT2D eigenvalue weighted by molar-refractivity contribution is -0.117. The van der Waals surface area contributed by atoms with Crippen molar-refractivity contribution < 1.29 is 9.59 Å². The third-order valence-corrected chi connectivity index (χ3v) is 3.53. The summed E-state index contributed by atoms with van der Waals surface area (Å²) in [5.41, 5.74) is 5.22. The van der Waals surface area contributed by atoms with E-state index in [-0.39, 0.29) is 34.2 Å². The summed E-state index contributed by atoms with van der Waals surface area (Å²) in [5, 5.41) is -0.197. The number of aromatic nitrogens is 2. The van der Waals surface area contributed by atoms with Gasteiger partial charge in [-0.1, -0.05) is 11.8 Å². The van der Waals surface area contributed by atoms with Crippen molar-refractivity contribution in [2.24, 2.45) is 0 Å². The molecule has 1 saturated heterocycles. The highest BCUT2D eigenvalue weighted by atomic mass is 32.2. The van der Waals surface area contributed by atoms with E-state index in [1.54, 1.807) is 0 Å². The smallest absolute Gasteiger partial charge is 0.276 e. The quantitative estimate of drug-likeness (QED) is 0.764. The molecule has 0 bridgehead atoms. The van der Waals surface area contributed by atoms with Gasteiger partial charge >= 0.3 is 0 Å². The molecule has 1 aliphatic heterocycles. The molecule has 3 N–H and O–H groups in total. The van der Waals surface area contributed by atoms with E-state index in [1.165, 1.54) is 18.2 Å². The van der Waals surface area contributed by atoms with Gasteiger partial charge in [0.25, 0.3) is 5.56 Å². The molecular formula is C10H12N4O3S. The van der Waals surface area contributed by atoms with Gasteiger partial charge in [0.05, 0.1) is 6.33 Å². The fourth-order valence-corrected chi connectivity index (χ4v) is 2.79. The maximum absolute atomic E-state index is 11.8. The van der Waals surface area contributed by atoms with Crippen LogP contribution >= 0.6 is 11.8 Å². The summed E-state index contributed by atoms with van der Waals surface area (Å²) in [6.45, 7) is 1.74. The lowest BCUT2D eigenvalue weighted by Crippen LogP contribution is -2.32. The van der Waals surface area contributed by atoms with E-state index >= 15 is 0 Å². The lowest BCUT2D eigenvalue weighted by Gasteiger charge is -2.16. The third-order valence-electron chi connectivity index (χ3n) is 2.55. The Morgan fingerprint density at radius 2 is 2.33 bits per heavy atom. The van der Waals surface area contributed by atoms with E-state index < -0.39 is 5.56 Å². The van der Waals surface area contributed by atoms with Gasteiger partial charge in [-0.15, -0.1) is 0 Å². The number of rotatable bonds is 2. The van der Waals surface area contributed by atoms with Gasteiger partial charge in [0.15, 0.2) is 16.6 Å². The van der Waals surface area contributed by atoms with Crippen LogP contribution in [0.4, 0.5) is 11.5 Å². The molecule has 8 heteroatoms. The van der Waals surface area contributed by atoms with Crippen molar-refractivity contribution in [3.63, 3.8) is 0 Å². The number of amides is 1. The Bertz CT molecular complexity index is 556. The minimum absolute atomic E-state index is 0.0144. The van der Waals surface area contributed by atoms with Crippen LogP contribution in [0.3, 0.4) is 0 Å². The van der Waals surface area contributed by atoms with Crippen LogP contribution in [0.5, 0.6) is 0 Å². The molecule has 0 saturated carbocycles. The zero-order valence-electron chi connectivity index (χ0n) is 9.67. The molecule has 1 aromatic rings. The highest BCUT2D eigenvalue weighted by Gasteiger charge is 2.34. The molecule has 2 rings (SSSR count). The fourth-order valence-electron chi connectivity index (χ4n) is 1.87. The number of thioether (sulfide) groups is 1. The van der Waals surface area contributed by atoms with E-state index in [0.717, 1.165) is 11.8 Å². The molecule has 0 aliphatic carbocycles. The Labute approximate surface area is 107 Å². The Balaban J connectivity index is 2.27. The Hall–Kier alpha value is -1.83. The number of nitrogens with zero attached hydrogens (tertiary/aromatic N) is 2. The molecule has 18 heavy (non-hydrogen) atoms. The van der Waals surface area contributed by atoms with Crippen LogP contribution in [0.15, 0.2) is 11.1 Å². The van der Waals surface area contributed by atoms with E-state index in [2.05, 4.69) is 9.97 Å². The number of nitrogen functional groups attached to an aromatic ring is 1. The van der Waals surface area contributed by atoms with Crippen LogP contribution < -0.4 is 16.2 Å². The number of carbonyl (C=O) groups excluding carboxylic acids is 2. The average Bonchev–Trinajstić information content (AvgIpc) is 2.58. The van der Waals surface area contributed by atoms with Crippen molar-refractivity contribution in [2.45, 2.75) is 18.6 Å². The summed E-state index contributed by atoms with van der Waals surface area (Å²) in [4.78, 5) is 41.9. The molecule has 1 unspecified atom stereocenters. The molecule has 2 heterocycles. The van der Waals surface area contributed by atoms with Crippen LogP contribution in [0, 0.1) is 0 Å². The van der Waals surface area contributed by atoms with Gasteiger partial charge in [-0.3, -0.25) is 14.4 Å². The summed E-state index contributed by atoms with van der Waals surface area (Å²) in [7, 11) is 0. The number of carbonyl (C=O) groups is 2. The summed E-state index contributed by atoms with van der Waals surface area (Å²) in [6, 6.07) is 0. The van der Waals surface area contributed by atoms with Gasteiger partial charge < -0.3 is 15.6 Å². The molecule has 96 valence electrons. The topological polar surface area (TPSA) is 109 Å². The van der Waals surface area contributed by atoms with Gasteiger partial charge in [0.1, 0.15) is 0 Å². The number of aromatic amines is 1. The van der Waals surface area contributed by atoms with Crippen molar-refractivity contribution in [1.82, 2.24) is 9.97 Å². The van der Waals surface area contributed by atoms with Crippen molar-refractivity contribution in [1.29, 1.82) is 0 Å². The summed E-state index contributed by atoms with van der Waals surface area (Å²) in [5.74, 6) is -0.209. The molecule has 0 spiro atoms. The third kappa shape index (κ3) is 2.37. The Morgan fingerprint density at radius 1 is 1.61 bits per heavy atom. The van der Waals surface area contributed by atoms with Crippen LogP contribution in [0.2, 0.25) is 0 Å². The molecule has 7 nitrogen and oxygen atoms in total. The molecule has 1 aliphatic rings. The van der Waals surface area contributed by atoms with E-state index in [4.69, 9.17) is 5.73 Å². The number of hydrogen-bond donors (Lipinski definition) is 2. The van der Waals surface area contributed by atoms with Crippen LogP contribution in [0.25, 0.3) is 0 Å². The van der Waals surface area contributed by atoms with Gasteiger partial charge in [0.2, 0.25) is 5.91 Å². The van der Waals surface area contributed by atoms with E-state index in [1.807, 2.05) is 0 Å². The second-order valence-electron chi connectivity index (χ2n) is 3.91. The Kier molecular flexibility index (Phi) is 3.37. The second-order valence-corrected chi connectivity index (χ2v) is 5.38. The largest absolute Gasteiger partial charge is 0.382 e. The standard InChI is InChI=1S/C10H12N4O3S/c1-5(15)18-6-2-7(16)14(3-6)8-9(11)12-4-13-10(8)17/h4,6H,2-3H2,1H3,(H3,11,12,13,17). The molecule has 0 aromatic carbocycles. The molecule has 1 amide bonds. The maximum Gasteiger partial charge on any atom is 0.276 e. The Morgan fingerprint density at radius 3 is 2.94 bits per heavy atom. The van der Waals surface area contributed by atoms with Gasteiger partial charge in [0, 0.05) is 25.1 Å². The van der Waals surface area contributed by atoms with E-state index in [0.29, 0.717) is 6.54 Å². The zero-order valence-corrected chi connectivity index (χ0v) is 10.5. The van der Waals surface area contributed by atoms with Crippen LogP contribution in [-0.4, -0.2) is 32.8 Å². The molecule has 0 radical (unpaired) electrons. The first-order valence-corrected chi connectivity index (χ1v) is 6.17. The average molecular weight is 268 g/mol. The van der Waals surface area contributed by atoms with E-state index in [9.17, 15) is 14.4 Å². The highest BCUT2D eigenvalue weighted by Crippen LogP contribution is 2.28. The lowest BCUT2D eigenvalue weighted by atomic mass is 10.4. The fraction of sp³-hybridized carbons (Fsp3) is 0.400. The minimum atomic E-state index is -0.454. The SMILES string of the molecule is CC(=O)SC1CC(=O)N(c2c(N)nc[nH]c2=O)C1. The maximum atomic E-state index is 11.8. The molecule has 1 fully saturated rings. The van der Waals surface area contributed by atoms with Crippen LogP contribution in [0.1, 0.15) is 13.3 Å². The van der Waals surface area contributed by atoms with Crippen molar-refractivity contribution in [2.75, 3.05) is 17.2 Å². The number of H-pyrrole nitrogens is 1.